The number of fused-ring (bicyclic) bond motifs is 2. The van der Waals surface area contributed by atoms with E-state index in [1.807, 2.05) is 0 Å². The Morgan fingerprint density at radius 1 is 0.964 bits per heavy atom. The molecule has 1 aliphatic heterocycles. The first kappa shape index (κ1) is 16.1. The van der Waals surface area contributed by atoms with E-state index in [-0.39, 0.29) is 6.79 Å². The molecule has 2 amide bonds. The fraction of sp³-hybridized carbons (Fsp3) is 0.0526. The smallest absolute Gasteiger partial charge is 0.323 e. The molecule has 0 saturated carbocycles. The third-order valence-electron chi connectivity index (χ3n) is 4.04. The topological polar surface area (TPSA) is 111 Å². The van der Waals surface area contributed by atoms with Gasteiger partial charge in [0.2, 0.25) is 12.7 Å². The Labute approximate surface area is 158 Å². The molecule has 0 atom stereocenters. The highest BCUT2D eigenvalue weighted by molar-refractivity contribution is 5.99. The molecule has 4 heterocycles. The summed E-state index contributed by atoms with van der Waals surface area (Å²) in [7, 11) is 0. The van der Waals surface area contributed by atoms with Crippen molar-refractivity contribution in [2.75, 3.05) is 17.4 Å². The second-order valence-electron chi connectivity index (χ2n) is 5.92. The Bertz CT molecular complexity index is 1140. The number of carbonyl (C=O) groups excluding carboxylic acids is 1. The summed E-state index contributed by atoms with van der Waals surface area (Å²) in [5, 5.41) is 5.45. The number of urea groups is 1. The van der Waals surface area contributed by atoms with Crippen molar-refractivity contribution in [3.63, 3.8) is 0 Å². The molecule has 3 aromatic heterocycles. The highest BCUT2D eigenvalue weighted by Gasteiger charge is 2.14. The van der Waals surface area contributed by atoms with Crippen molar-refractivity contribution in [1.82, 2.24) is 15.0 Å². The van der Waals surface area contributed by atoms with E-state index in [9.17, 15) is 4.79 Å². The Morgan fingerprint density at radius 3 is 2.68 bits per heavy atom. The van der Waals surface area contributed by atoms with E-state index in [1.165, 1.54) is 6.20 Å². The molecule has 1 aliphatic rings. The monoisotopic (exact) mass is 375 g/mol. The van der Waals surface area contributed by atoms with Gasteiger partial charge in [-0.25, -0.2) is 14.8 Å². The molecule has 4 aromatic rings. The van der Waals surface area contributed by atoms with Gasteiger partial charge in [-0.2, -0.15) is 4.98 Å². The lowest BCUT2D eigenvalue weighted by Crippen LogP contribution is -2.19. The summed E-state index contributed by atoms with van der Waals surface area (Å²) in [6.45, 7) is 0.180. The van der Waals surface area contributed by atoms with Crippen LogP contribution >= 0.6 is 0 Å². The first-order chi connectivity index (χ1) is 13.7. The van der Waals surface area contributed by atoms with E-state index in [4.69, 9.17) is 13.9 Å². The largest absolute Gasteiger partial charge is 0.454 e. The minimum absolute atomic E-state index is 0.180. The molecule has 0 fully saturated rings. The molecule has 0 saturated heterocycles. The normalized spacial score (nSPS) is 12.1. The van der Waals surface area contributed by atoms with Crippen LogP contribution in [0.25, 0.3) is 22.8 Å². The second-order valence-corrected chi connectivity index (χ2v) is 5.92. The molecule has 9 heteroatoms. The number of aromatic nitrogens is 3. The van der Waals surface area contributed by atoms with Gasteiger partial charge in [-0.15, -0.1) is 0 Å². The highest BCUT2D eigenvalue weighted by Crippen LogP contribution is 2.34. The summed E-state index contributed by atoms with van der Waals surface area (Å²) in [6.07, 6.45) is 3.17. The molecular formula is C19H13N5O4. The van der Waals surface area contributed by atoms with Gasteiger partial charge < -0.3 is 24.5 Å². The minimum atomic E-state index is -0.403. The van der Waals surface area contributed by atoms with E-state index in [1.54, 1.807) is 48.7 Å². The number of pyridine rings is 2. The van der Waals surface area contributed by atoms with Crippen LogP contribution < -0.4 is 20.1 Å². The van der Waals surface area contributed by atoms with Crippen LogP contribution in [-0.4, -0.2) is 27.8 Å². The van der Waals surface area contributed by atoms with Gasteiger partial charge in [0.25, 0.3) is 0 Å². The summed E-state index contributed by atoms with van der Waals surface area (Å²) >= 11 is 0. The SMILES string of the molecule is O=C(Nc1ccc(-c2nc3ncccc3o2)nc1)Nc1ccc2c(c1)OCO2. The molecule has 0 unspecified atom stereocenters. The van der Waals surface area contributed by atoms with Crippen molar-refractivity contribution in [2.24, 2.45) is 0 Å². The number of hydrogen-bond acceptors (Lipinski definition) is 7. The van der Waals surface area contributed by atoms with Crippen LogP contribution in [0.3, 0.4) is 0 Å². The lowest BCUT2D eigenvalue weighted by Gasteiger charge is -2.08. The zero-order valence-electron chi connectivity index (χ0n) is 14.4. The number of anilines is 2. The van der Waals surface area contributed by atoms with Crippen LogP contribution in [0, 0.1) is 0 Å². The van der Waals surface area contributed by atoms with Crippen molar-refractivity contribution in [3.8, 4) is 23.1 Å². The van der Waals surface area contributed by atoms with Gasteiger partial charge in [0.1, 0.15) is 5.69 Å². The van der Waals surface area contributed by atoms with Gasteiger partial charge in [-0.3, -0.25) is 0 Å². The third-order valence-corrected chi connectivity index (χ3v) is 4.04. The van der Waals surface area contributed by atoms with Gasteiger partial charge in [-0.05, 0) is 36.4 Å². The second kappa shape index (κ2) is 6.54. The molecule has 0 aliphatic carbocycles. The first-order valence-corrected chi connectivity index (χ1v) is 8.40. The number of rotatable bonds is 3. The van der Waals surface area contributed by atoms with E-state index in [0.29, 0.717) is 45.7 Å². The zero-order valence-corrected chi connectivity index (χ0v) is 14.4. The summed E-state index contributed by atoms with van der Waals surface area (Å²) in [4.78, 5) is 24.9. The van der Waals surface area contributed by atoms with E-state index >= 15 is 0 Å². The first-order valence-electron chi connectivity index (χ1n) is 8.40. The van der Waals surface area contributed by atoms with Crippen LogP contribution in [0.15, 0.2) is 59.3 Å². The molecule has 0 bridgehead atoms. The predicted octanol–water partition coefficient (Wildman–Crippen LogP) is 3.66. The van der Waals surface area contributed by atoms with Crippen LogP contribution in [0.4, 0.5) is 16.2 Å². The number of carbonyl (C=O) groups is 1. The molecule has 1 aromatic carbocycles. The number of ether oxygens (including phenoxy) is 2. The average molecular weight is 375 g/mol. The summed E-state index contributed by atoms with van der Waals surface area (Å²) in [5.41, 5.74) is 2.76. The number of nitrogens with one attached hydrogen (secondary N) is 2. The summed E-state index contributed by atoms with van der Waals surface area (Å²) in [6, 6.07) is 11.7. The maximum absolute atomic E-state index is 12.2. The van der Waals surface area contributed by atoms with E-state index in [0.717, 1.165) is 0 Å². The van der Waals surface area contributed by atoms with Crippen molar-refractivity contribution in [1.29, 1.82) is 0 Å². The number of benzene rings is 1. The van der Waals surface area contributed by atoms with Crippen LogP contribution in [0.2, 0.25) is 0 Å². The van der Waals surface area contributed by atoms with Gasteiger partial charge in [0, 0.05) is 18.0 Å². The zero-order chi connectivity index (χ0) is 18.9. The van der Waals surface area contributed by atoms with Crippen molar-refractivity contribution in [3.05, 3.63) is 54.9 Å². The fourth-order valence-corrected chi connectivity index (χ4v) is 2.74. The molecule has 28 heavy (non-hydrogen) atoms. The molecule has 2 N–H and O–H groups in total. The summed E-state index contributed by atoms with van der Waals surface area (Å²) < 4.78 is 16.2. The molecule has 9 nitrogen and oxygen atoms in total. The molecule has 5 rings (SSSR count). The van der Waals surface area contributed by atoms with Crippen LogP contribution in [-0.2, 0) is 0 Å². The standard InChI is InChI=1S/C19H13N5O4/c25-19(22-11-4-6-14-16(8-11)27-10-26-14)23-12-3-5-13(21-9-12)18-24-17-15(28-18)2-1-7-20-17/h1-9H,10H2,(H2,22,23,25). The third kappa shape index (κ3) is 3.05. The van der Waals surface area contributed by atoms with E-state index < -0.39 is 6.03 Å². The van der Waals surface area contributed by atoms with Gasteiger partial charge in [-0.1, -0.05) is 0 Å². The van der Waals surface area contributed by atoms with Crippen LogP contribution in [0.5, 0.6) is 11.5 Å². The lowest BCUT2D eigenvalue weighted by atomic mass is 10.3. The molecule has 0 spiro atoms. The number of oxazole rings is 1. The summed E-state index contributed by atoms with van der Waals surface area (Å²) in [5.74, 6) is 1.61. The number of amides is 2. The van der Waals surface area contributed by atoms with Gasteiger partial charge in [0.05, 0.1) is 11.9 Å². The van der Waals surface area contributed by atoms with Crippen LogP contribution in [0.1, 0.15) is 0 Å². The lowest BCUT2D eigenvalue weighted by molar-refractivity contribution is 0.174. The Balaban J connectivity index is 1.27. The maximum atomic E-state index is 12.2. The van der Waals surface area contributed by atoms with E-state index in [2.05, 4.69) is 25.6 Å². The van der Waals surface area contributed by atoms with Gasteiger partial charge >= 0.3 is 6.03 Å². The average Bonchev–Trinajstić information content (AvgIpc) is 3.34. The molecule has 138 valence electrons. The van der Waals surface area contributed by atoms with Crippen molar-refractivity contribution >= 4 is 28.6 Å². The molecular weight excluding hydrogens is 362 g/mol. The molecule has 0 radical (unpaired) electrons. The fourth-order valence-electron chi connectivity index (χ4n) is 2.74. The minimum Gasteiger partial charge on any atom is -0.454 e. The Hall–Kier alpha value is -4.14. The van der Waals surface area contributed by atoms with Crippen molar-refractivity contribution < 1.29 is 18.7 Å². The number of hydrogen-bond donors (Lipinski definition) is 2. The highest BCUT2D eigenvalue weighted by atomic mass is 16.7. The Morgan fingerprint density at radius 2 is 1.82 bits per heavy atom. The number of nitrogens with zero attached hydrogens (tertiary/aromatic N) is 3. The maximum Gasteiger partial charge on any atom is 0.323 e. The Kier molecular flexibility index (Phi) is 3.75. The predicted molar refractivity (Wildman–Crippen MR) is 100 cm³/mol. The van der Waals surface area contributed by atoms with Crippen molar-refractivity contribution in [2.45, 2.75) is 0 Å². The quantitative estimate of drug-likeness (QED) is 0.562. The van der Waals surface area contributed by atoms with Gasteiger partial charge in [0.15, 0.2) is 22.7 Å².